The van der Waals surface area contributed by atoms with Crippen molar-refractivity contribution in [3.63, 3.8) is 0 Å². The highest BCUT2D eigenvalue weighted by atomic mass is 16.4. The molecule has 0 radical (unpaired) electrons. The van der Waals surface area contributed by atoms with Gasteiger partial charge in [-0.3, -0.25) is 0 Å². The van der Waals surface area contributed by atoms with E-state index in [1.165, 1.54) is 6.07 Å². The lowest BCUT2D eigenvalue weighted by Gasteiger charge is -2.03. The predicted octanol–water partition coefficient (Wildman–Crippen LogP) is 2.59. The number of benzene rings is 2. The van der Waals surface area contributed by atoms with Crippen molar-refractivity contribution in [2.24, 2.45) is 5.16 Å². The van der Waals surface area contributed by atoms with Crippen molar-refractivity contribution in [3.8, 4) is 11.1 Å². The molecule has 2 aromatic rings. The smallest absolute Gasteiger partial charge is 0.336 e. The summed E-state index contributed by atoms with van der Waals surface area (Å²) in [4.78, 5) is 11.2. The molecular formula is C14H9NO3. The van der Waals surface area contributed by atoms with Crippen molar-refractivity contribution in [3.05, 3.63) is 59.2 Å². The van der Waals surface area contributed by atoms with E-state index in [4.69, 9.17) is 5.21 Å². The SMILES string of the molecule is O=C(O)c1cccc2c1/C(=N/O)c1ccccc1-2. The molecule has 88 valence electrons. The molecular weight excluding hydrogens is 230 g/mol. The predicted molar refractivity (Wildman–Crippen MR) is 66.3 cm³/mol. The van der Waals surface area contributed by atoms with E-state index in [1.54, 1.807) is 6.07 Å². The molecule has 2 aromatic carbocycles. The Bertz CT molecular complexity index is 689. The van der Waals surface area contributed by atoms with Crippen molar-refractivity contribution in [2.75, 3.05) is 0 Å². The molecule has 0 aliphatic heterocycles. The van der Waals surface area contributed by atoms with Gasteiger partial charge >= 0.3 is 5.97 Å². The first kappa shape index (κ1) is 10.5. The van der Waals surface area contributed by atoms with E-state index in [9.17, 15) is 9.90 Å². The molecule has 4 nitrogen and oxygen atoms in total. The van der Waals surface area contributed by atoms with E-state index >= 15 is 0 Å². The molecule has 0 aromatic heterocycles. The van der Waals surface area contributed by atoms with Crippen molar-refractivity contribution < 1.29 is 15.1 Å². The van der Waals surface area contributed by atoms with Crippen LogP contribution in [-0.4, -0.2) is 22.0 Å². The summed E-state index contributed by atoms with van der Waals surface area (Å²) in [6.07, 6.45) is 0. The van der Waals surface area contributed by atoms with Gasteiger partial charge in [0.25, 0.3) is 0 Å². The molecule has 0 saturated heterocycles. The highest BCUT2D eigenvalue weighted by Crippen LogP contribution is 2.38. The maximum atomic E-state index is 11.2. The van der Waals surface area contributed by atoms with Gasteiger partial charge in [-0.05, 0) is 17.2 Å². The van der Waals surface area contributed by atoms with Gasteiger partial charge in [-0.15, -0.1) is 0 Å². The molecule has 1 aliphatic carbocycles. The third-order valence-corrected chi connectivity index (χ3v) is 3.10. The number of hydrogen-bond donors (Lipinski definition) is 2. The molecule has 0 amide bonds. The Morgan fingerprint density at radius 1 is 0.944 bits per heavy atom. The summed E-state index contributed by atoms with van der Waals surface area (Å²) in [6.45, 7) is 0. The quantitative estimate of drug-likeness (QED) is 0.506. The summed E-state index contributed by atoms with van der Waals surface area (Å²) >= 11 is 0. The van der Waals surface area contributed by atoms with Gasteiger partial charge in [0.1, 0.15) is 5.71 Å². The molecule has 0 fully saturated rings. The average Bonchev–Trinajstić information content (AvgIpc) is 2.72. The third kappa shape index (κ3) is 1.26. The number of fused-ring (bicyclic) bond motifs is 3. The van der Waals surface area contributed by atoms with Crippen molar-refractivity contribution in [1.82, 2.24) is 0 Å². The minimum Gasteiger partial charge on any atom is -0.478 e. The number of hydrogen-bond acceptors (Lipinski definition) is 3. The van der Waals surface area contributed by atoms with Crippen LogP contribution in [0.3, 0.4) is 0 Å². The Kier molecular flexibility index (Phi) is 2.16. The van der Waals surface area contributed by atoms with Crippen molar-refractivity contribution >= 4 is 11.7 Å². The maximum absolute atomic E-state index is 11.2. The lowest BCUT2D eigenvalue weighted by atomic mass is 10.0. The molecule has 1 aliphatic rings. The van der Waals surface area contributed by atoms with E-state index in [1.807, 2.05) is 30.3 Å². The van der Waals surface area contributed by atoms with Gasteiger partial charge in [0.15, 0.2) is 0 Å². The Morgan fingerprint density at radius 2 is 1.61 bits per heavy atom. The Balaban J connectivity index is 2.41. The number of carbonyl (C=O) groups is 1. The molecule has 0 heterocycles. The molecule has 0 unspecified atom stereocenters. The Morgan fingerprint density at radius 3 is 2.28 bits per heavy atom. The number of oxime groups is 1. The second-order valence-corrected chi connectivity index (χ2v) is 4.03. The zero-order chi connectivity index (χ0) is 12.7. The summed E-state index contributed by atoms with van der Waals surface area (Å²) in [5.74, 6) is -1.03. The monoisotopic (exact) mass is 239 g/mol. The number of carboxylic acids is 1. The normalized spacial score (nSPS) is 14.3. The van der Waals surface area contributed by atoms with Crippen LogP contribution in [0.5, 0.6) is 0 Å². The van der Waals surface area contributed by atoms with Gasteiger partial charge in [0.2, 0.25) is 0 Å². The number of rotatable bonds is 1. The molecule has 0 bridgehead atoms. The van der Waals surface area contributed by atoms with Gasteiger partial charge in [0, 0.05) is 11.1 Å². The minimum absolute atomic E-state index is 0.150. The van der Waals surface area contributed by atoms with Gasteiger partial charge in [-0.2, -0.15) is 0 Å². The summed E-state index contributed by atoms with van der Waals surface area (Å²) in [5.41, 5.74) is 3.38. The van der Waals surface area contributed by atoms with Crippen molar-refractivity contribution in [2.45, 2.75) is 0 Å². The lowest BCUT2D eigenvalue weighted by molar-refractivity contribution is 0.0697. The van der Waals surface area contributed by atoms with E-state index in [-0.39, 0.29) is 5.56 Å². The van der Waals surface area contributed by atoms with Crippen LogP contribution in [0.2, 0.25) is 0 Å². The van der Waals surface area contributed by atoms with Crippen LogP contribution in [0.1, 0.15) is 21.5 Å². The van der Waals surface area contributed by atoms with Crippen LogP contribution >= 0.6 is 0 Å². The highest BCUT2D eigenvalue weighted by molar-refractivity contribution is 6.27. The first-order valence-corrected chi connectivity index (χ1v) is 5.42. The van der Waals surface area contributed by atoms with Crippen LogP contribution in [-0.2, 0) is 0 Å². The average molecular weight is 239 g/mol. The summed E-state index contributed by atoms with van der Waals surface area (Å²) < 4.78 is 0. The second-order valence-electron chi connectivity index (χ2n) is 4.03. The molecule has 4 heteroatoms. The Hall–Kier alpha value is -2.62. The number of nitrogens with zero attached hydrogens (tertiary/aromatic N) is 1. The summed E-state index contributed by atoms with van der Waals surface area (Å²) in [6, 6.07) is 12.4. The molecule has 3 rings (SSSR count). The molecule has 2 N–H and O–H groups in total. The molecule has 0 spiro atoms. The van der Waals surface area contributed by atoms with E-state index in [0.29, 0.717) is 11.3 Å². The first-order chi connectivity index (χ1) is 8.74. The molecule has 18 heavy (non-hydrogen) atoms. The first-order valence-electron chi connectivity index (χ1n) is 5.42. The van der Waals surface area contributed by atoms with Gasteiger partial charge < -0.3 is 10.3 Å². The van der Waals surface area contributed by atoms with Gasteiger partial charge in [0.05, 0.1) is 5.56 Å². The number of aromatic carboxylic acids is 1. The maximum Gasteiger partial charge on any atom is 0.336 e. The fourth-order valence-electron chi connectivity index (χ4n) is 2.37. The van der Waals surface area contributed by atoms with Gasteiger partial charge in [-0.1, -0.05) is 41.6 Å². The second kappa shape index (κ2) is 3.70. The largest absolute Gasteiger partial charge is 0.478 e. The highest BCUT2D eigenvalue weighted by Gasteiger charge is 2.29. The third-order valence-electron chi connectivity index (χ3n) is 3.10. The van der Waals surface area contributed by atoms with Crippen LogP contribution in [0.25, 0.3) is 11.1 Å². The van der Waals surface area contributed by atoms with E-state index in [0.717, 1.165) is 16.7 Å². The fraction of sp³-hybridized carbons (Fsp3) is 0. The van der Waals surface area contributed by atoms with Crippen LogP contribution in [0.4, 0.5) is 0 Å². The Labute approximate surface area is 103 Å². The summed E-state index contributed by atoms with van der Waals surface area (Å²) in [7, 11) is 0. The standard InChI is InChI=1S/C14H9NO3/c16-14(17)11-7-3-6-9-8-4-1-2-5-10(8)13(15-18)12(9)11/h1-7,18H,(H,16,17)/b15-13+. The zero-order valence-electron chi connectivity index (χ0n) is 9.29. The van der Waals surface area contributed by atoms with Crippen molar-refractivity contribution in [1.29, 1.82) is 0 Å². The lowest BCUT2D eigenvalue weighted by Crippen LogP contribution is -2.07. The molecule has 0 atom stereocenters. The molecule has 0 saturated carbocycles. The summed E-state index contributed by atoms with van der Waals surface area (Å²) in [5, 5.41) is 21.6. The zero-order valence-corrected chi connectivity index (χ0v) is 9.29. The van der Waals surface area contributed by atoms with E-state index < -0.39 is 5.97 Å². The van der Waals surface area contributed by atoms with Crippen LogP contribution in [0.15, 0.2) is 47.6 Å². The number of carboxylic acid groups (broad SMARTS) is 1. The minimum atomic E-state index is -1.03. The fourth-order valence-corrected chi connectivity index (χ4v) is 2.37. The van der Waals surface area contributed by atoms with E-state index in [2.05, 4.69) is 5.16 Å². The van der Waals surface area contributed by atoms with Gasteiger partial charge in [-0.25, -0.2) is 4.79 Å². The van der Waals surface area contributed by atoms with Crippen LogP contribution < -0.4 is 0 Å². The topological polar surface area (TPSA) is 69.9 Å². The van der Waals surface area contributed by atoms with Crippen LogP contribution in [0, 0.1) is 0 Å².